The van der Waals surface area contributed by atoms with Crippen molar-refractivity contribution in [1.29, 1.82) is 0 Å². The van der Waals surface area contributed by atoms with Gasteiger partial charge in [-0.2, -0.15) is 0 Å². The highest BCUT2D eigenvalue weighted by Gasteiger charge is 2.24. The lowest BCUT2D eigenvalue weighted by Crippen LogP contribution is -2.39. The Kier molecular flexibility index (Phi) is 4.68. The normalized spacial score (nSPS) is 15.8. The second-order valence-electron chi connectivity index (χ2n) is 5.17. The van der Waals surface area contributed by atoms with Gasteiger partial charge in [0, 0.05) is 30.7 Å². The third-order valence-corrected chi connectivity index (χ3v) is 4.89. The van der Waals surface area contributed by atoms with Gasteiger partial charge < -0.3 is 4.90 Å². The van der Waals surface area contributed by atoms with Crippen molar-refractivity contribution in [3.05, 3.63) is 54.2 Å². The summed E-state index contributed by atoms with van der Waals surface area (Å²) >= 11 is 1.76. The number of likely N-dealkylation sites (tertiary alicyclic amines) is 1. The first-order valence-corrected chi connectivity index (χ1v) is 8.08. The Hall–Kier alpha value is -1.95. The van der Waals surface area contributed by atoms with Crippen molar-refractivity contribution < 1.29 is 9.18 Å². The Labute approximate surface area is 132 Å². The Morgan fingerprint density at radius 3 is 2.77 bits per heavy atom. The molecule has 1 aliphatic rings. The van der Waals surface area contributed by atoms with Gasteiger partial charge in [0.15, 0.2) is 0 Å². The van der Waals surface area contributed by atoms with E-state index in [1.54, 1.807) is 22.9 Å². The summed E-state index contributed by atoms with van der Waals surface area (Å²) in [4.78, 5) is 22.1. The minimum atomic E-state index is -0.480. The molecule has 1 fully saturated rings. The number of carbonyl (C=O) groups is 1. The molecule has 2 aromatic rings. The molecule has 1 amide bonds. The average molecular weight is 317 g/mol. The summed E-state index contributed by atoms with van der Waals surface area (Å²) in [5, 5.41) is 1.48. The van der Waals surface area contributed by atoms with Gasteiger partial charge in [0.2, 0.25) is 0 Å². The van der Waals surface area contributed by atoms with Gasteiger partial charge in [-0.05, 0) is 31.0 Å². The largest absolute Gasteiger partial charge is 0.339 e. The highest BCUT2D eigenvalue weighted by molar-refractivity contribution is 7.99. The van der Waals surface area contributed by atoms with Crippen LogP contribution in [0, 0.1) is 5.82 Å². The van der Waals surface area contributed by atoms with Crippen molar-refractivity contribution in [2.75, 3.05) is 13.1 Å². The molecule has 3 rings (SSSR count). The maximum atomic E-state index is 13.2. The van der Waals surface area contributed by atoms with E-state index in [0.29, 0.717) is 23.9 Å². The molecule has 4 nitrogen and oxygen atoms in total. The number of hydrogen-bond acceptors (Lipinski definition) is 4. The van der Waals surface area contributed by atoms with Crippen molar-refractivity contribution in [3.8, 4) is 0 Å². The van der Waals surface area contributed by atoms with E-state index in [1.165, 1.54) is 12.3 Å². The molecule has 3 heterocycles. The lowest BCUT2D eigenvalue weighted by Gasteiger charge is -2.31. The zero-order valence-corrected chi connectivity index (χ0v) is 12.8. The van der Waals surface area contributed by atoms with E-state index < -0.39 is 5.82 Å². The number of aromatic nitrogens is 2. The smallest absolute Gasteiger partial charge is 0.255 e. The van der Waals surface area contributed by atoms with E-state index in [2.05, 4.69) is 9.97 Å². The average Bonchev–Trinajstić information content (AvgIpc) is 2.56. The van der Waals surface area contributed by atoms with Gasteiger partial charge in [-0.15, -0.1) is 11.8 Å². The first-order valence-electron chi connectivity index (χ1n) is 7.20. The Morgan fingerprint density at radius 2 is 2.09 bits per heavy atom. The number of halogens is 1. The van der Waals surface area contributed by atoms with Gasteiger partial charge in [0.05, 0.1) is 16.8 Å². The first-order chi connectivity index (χ1) is 10.7. The first kappa shape index (κ1) is 15.0. The van der Waals surface area contributed by atoms with Crippen LogP contribution in [0.5, 0.6) is 0 Å². The summed E-state index contributed by atoms with van der Waals surface area (Å²) in [7, 11) is 0. The molecule has 1 aliphatic heterocycles. The fourth-order valence-electron chi connectivity index (χ4n) is 2.48. The molecule has 2 aromatic heterocycles. The van der Waals surface area contributed by atoms with Crippen molar-refractivity contribution in [1.82, 2.24) is 14.9 Å². The number of pyridine rings is 2. The standard InChI is InChI=1S/C16H16FN3OS/c17-13-9-12(10-18-11-13)16(21)20-7-4-14(5-8-20)22-15-3-1-2-6-19-15/h1-3,6,9-11,14H,4-5,7-8H2. The molecule has 6 heteroatoms. The van der Waals surface area contributed by atoms with Crippen LogP contribution in [0.3, 0.4) is 0 Å². The van der Waals surface area contributed by atoms with E-state index in [0.717, 1.165) is 24.1 Å². The van der Waals surface area contributed by atoms with Crippen LogP contribution in [0.1, 0.15) is 23.2 Å². The summed E-state index contributed by atoms with van der Waals surface area (Å²) < 4.78 is 13.2. The third kappa shape index (κ3) is 3.62. The molecule has 0 saturated carbocycles. The minimum absolute atomic E-state index is 0.145. The zero-order valence-electron chi connectivity index (χ0n) is 12.0. The summed E-state index contributed by atoms with van der Waals surface area (Å²) in [5.41, 5.74) is 0.316. The molecule has 0 aliphatic carbocycles. The monoisotopic (exact) mass is 317 g/mol. The molecule has 0 N–H and O–H groups in total. The van der Waals surface area contributed by atoms with Crippen LogP contribution in [0.2, 0.25) is 0 Å². The number of hydrogen-bond donors (Lipinski definition) is 0. The third-order valence-electron chi connectivity index (χ3n) is 3.61. The number of nitrogens with zero attached hydrogens (tertiary/aromatic N) is 3. The molecule has 0 unspecified atom stereocenters. The Bertz CT molecular complexity index is 645. The van der Waals surface area contributed by atoms with Crippen LogP contribution in [0.25, 0.3) is 0 Å². The number of amides is 1. The van der Waals surface area contributed by atoms with Gasteiger partial charge in [0.1, 0.15) is 5.82 Å². The van der Waals surface area contributed by atoms with Crippen LogP contribution in [0.4, 0.5) is 4.39 Å². The number of rotatable bonds is 3. The van der Waals surface area contributed by atoms with Crippen LogP contribution in [-0.2, 0) is 0 Å². The fraction of sp³-hybridized carbons (Fsp3) is 0.312. The summed E-state index contributed by atoms with van der Waals surface area (Å²) in [6.45, 7) is 1.36. The van der Waals surface area contributed by atoms with Crippen LogP contribution in [0.15, 0.2) is 47.9 Å². The number of thioether (sulfide) groups is 1. The Balaban J connectivity index is 1.56. The molecule has 0 radical (unpaired) electrons. The lowest BCUT2D eigenvalue weighted by atomic mass is 10.1. The summed E-state index contributed by atoms with van der Waals surface area (Å²) in [6.07, 6.45) is 6.13. The van der Waals surface area contributed by atoms with Gasteiger partial charge in [-0.1, -0.05) is 6.07 Å². The van der Waals surface area contributed by atoms with Crippen molar-refractivity contribution >= 4 is 17.7 Å². The fourth-order valence-corrected chi connectivity index (χ4v) is 3.54. The van der Waals surface area contributed by atoms with E-state index in [4.69, 9.17) is 0 Å². The van der Waals surface area contributed by atoms with Crippen LogP contribution in [-0.4, -0.2) is 39.1 Å². The van der Waals surface area contributed by atoms with E-state index in [9.17, 15) is 9.18 Å². The number of carbonyl (C=O) groups excluding carboxylic acids is 1. The highest BCUT2D eigenvalue weighted by Crippen LogP contribution is 2.29. The zero-order chi connectivity index (χ0) is 15.4. The van der Waals surface area contributed by atoms with Gasteiger partial charge in [0.25, 0.3) is 5.91 Å². The predicted molar refractivity (Wildman–Crippen MR) is 83.2 cm³/mol. The van der Waals surface area contributed by atoms with Crippen molar-refractivity contribution in [3.63, 3.8) is 0 Å². The number of piperidine rings is 1. The molecule has 22 heavy (non-hydrogen) atoms. The van der Waals surface area contributed by atoms with E-state index >= 15 is 0 Å². The lowest BCUT2D eigenvalue weighted by molar-refractivity contribution is 0.0726. The molecule has 1 saturated heterocycles. The molecule has 0 aromatic carbocycles. The van der Waals surface area contributed by atoms with Crippen LogP contribution < -0.4 is 0 Å². The minimum Gasteiger partial charge on any atom is -0.339 e. The summed E-state index contributed by atoms with van der Waals surface area (Å²) in [6, 6.07) is 7.12. The second-order valence-corrected chi connectivity index (χ2v) is 6.49. The van der Waals surface area contributed by atoms with Gasteiger partial charge in [-0.25, -0.2) is 9.37 Å². The molecule has 0 spiro atoms. The van der Waals surface area contributed by atoms with E-state index in [1.807, 2.05) is 18.2 Å². The predicted octanol–water partition coefficient (Wildman–Crippen LogP) is 3.01. The van der Waals surface area contributed by atoms with E-state index in [-0.39, 0.29) is 5.91 Å². The Morgan fingerprint density at radius 1 is 1.27 bits per heavy atom. The molecular weight excluding hydrogens is 301 g/mol. The quantitative estimate of drug-likeness (QED) is 0.873. The van der Waals surface area contributed by atoms with Crippen molar-refractivity contribution in [2.45, 2.75) is 23.1 Å². The molecule has 114 valence electrons. The van der Waals surface area contributed by atoms with Crippen molar-refractivity contribution in [2.24, 2.45) is 0 Å². The molecule has 0 atom stereocenters. The van der Waals surface area contributed by atoms with Gasteiger partial charge in [-0.3, -0.25) is 9.78 Å². The van der Waals surface area contributed by atoms with Crippen LogP contribution >= 0.6 is 11.8 Å². The second kappa shape index (κ2) is 6.87. The summed E-state index contributed by atoms with van der Waals surface area (Å²) in [5.74, 6) is -0.625. The molecule has 0 bridgehead atoms. The topological polar surface area (TPSA) is 46.1 Å². The van der Waals surface area contributed by atoms with Gasteiger partial charge >= 0.3 is 0 Å². The maximum Gasteiger partial charge on any atom is 0.255 e. The SMILES string of the molecule is O=C(c1cncc(F)c1)N1CCC(Sc2ccccn2)CC1. The molecular formula is C16H16FN3OS. The maximum absolute atomic E-state index is 13.2. The highest BCUT2D eigenvalue weighted by atomic mass is 32.2.